The van der Waals surface area contributed by atoms with Crippen molar-refractivity contribution in [2.75, 3.05) is 108 Å². The minimum atomic E-state index is -0.350. The SMILES string of the molecule is COc1ccc(-c2cc(C)nc(-c3cc(-c4ccc(OC)cc4)cc(CNC(=O)NCCOCCOCCOc4ccccc4OCCOCCOCCNC(=O)NCc4cc(-c5ccc(OC)cc5)cc(-c5cc(-c6ccc(OC)cc6)cc(C)n5)n4)n3)c2)cc1. The van der Waals surface area contributed by atoms with Gasteiger partial charge in [0.15, 0.2) is 11.5 Å². The second-order valence-electron chi connectivity index (χ2n) is 21.0. The van der Waals surface area contributed by atoms with E-state index in [-0.39, 0.29) is 25.2 Å². The molecule has 4 heterocycles. The second-order valence-corrected chi connectivity index (χ2v) is 21.0. The molecule has 0 unspecified atom stereocenters. The molecule has 20 heteroatoms. The molecular weight excluding hydrogens is 1170 g/mol. The molecule has 0 spiro atoms. The summed E-state index contributed by atoms with van der Waals surface area (Å²) in [6, 6.07) is 54.2. The first-order valence-electron chi connectivity index (χ1n) is 30.3. The molecule has 0 saturated carbocycles. The molecule has 0 fully saturated rings. The number of aromatic nitrogens is 4. The molecule has 4 aromatic heterocycles. The lowest BCUT2D eigenvalue weighted by Gasteiger charge is -2.13. The fraction of sp³-hybridized carbons (Fsp3) is 0.278. The third-order valence-corrected chi connectivity index (χ3v) is 14.4. The van der Waals surface area contributed by atoms with Gasteiger partial charge in [-0.05, 0) is 168 Å². The zero-order chi connectivity index (χ0) is 64.3. The van der Waals surface area contributed by atoms with Crippen molar-refractivity contribution in [3.05, 3.63) is 193 Å². The van der Waals surface area contributed by atoms with Gasteiger partial charge in [-0.2, -0.15) is 0 Å². The summed E-state index contributed by atoms with van der Waals surface area (Å²) >= 11 is 0. The summed E-state index contributed by atoms with van der Waals surface area (Å²) in [5.41, 5.74) is 13.6. The van der Waals surface area contributed by atoms with E-state index >= 15 is 0 Å². The summed E-state index contributed by atoms with van der Waals surface area (Å²) in [6.45, 7) is 8.12. The Balaban J connectivity index is 0.622. The number of ether oxygens (including phenoxy) is 10. The topological polar surface area (TPSA) is 226 Å². The molecule has 478 valence electrons. The maximum Gasteiger partial charge on any atom is 0.315 e. The highest BCUT2D eigenvalue weighted by Crippen LogP contribution is 2.33. The standard InChI is InChI=1S/C72H78N8O12/c1-49-39-55(51-11-19-61(83-3)20-12-51)43-65(77-49)67-45-57(53-15-23-63(85-5)24-16-53)41-59(79-67)47-75-71(81)73-27-29-87-31-33-89-35-37-91-69-9-7-8-10-70(69)92-38-36-90-34-32-88-30-28-74-72(82)76-48-60-42-58(54-17-25-64(86-6)26-18-54)46-68(80-60)66-44-56(40-50(2)78-66)52-13-21-62(84-4)22-14-52/h7-26,39-46H,27-38,47-48H2,1-6H3,(H2,73,75,81)(H2,74,76,82). The number of aryl methyl sites for hydroxylation is 2. The van der Waals surface area contributed by atoms with Crippen LogP contribution in [0, 0.1) is 13.8 Å². The summed E-state index contributed by atoms with van der Waals surface area (Å²) in [5, 5.41) is 11.6. The highest BCUT2D eigenvalue weighted by Gasteiger charge is 2.16. The van der Waals surface area contributed by atoms with Gasteiger partial charge in [0.2, 0.25) is 0 Å². The van der Waals surface area contributed by atoms with E-state index in [1.807, 2.05) is 184 Å². The Kier molecular flexibility index (Phi) is 25.0. The van der Waals surface area contributed by atoms with Crippen molar-refractivity contribution in [3.8, 4) is 102 Å². The van der Waals surface area contributed by atoms with Gasteiger partial charge in [0, 0.05) is 24.5 Å². The Labute approximate surface area is 536 Å². The van der Waals surface area contributed by atoms with Gasteiger partial charge in [-0.3, -0.25) is 9.97 Å². The number of rotatable bonds is 34. The number of urea groups is 2. The van der Waals surface area contributed by atoms with Crippen LogP contribution in [0.4, 0.5) is 9.59 Å². The van der Waals surface area contributed by atoms with Crippen LogP contribution in [0.15, 0.2) is 170 Å². The van der Waals surface area contributed by atoms with Gasteiger partial charge in [-0.25, -0.2) is 19.6 Å². The molecule has 0 aliphatic rings. The van der Waals surface area contributed by atoms with Crippen molar-refractivity contribution < 1.29 is 57.0 Å². The summed E-state index contributed by atoms with van der Waals surface area (Å²) in [6.07, 6.45) is 0. The number of carbonyl (C=O) groups is 2. The lowest BCUT2D eigenvalue weighted by molar-refractivity contribution is 0.0344. The van der Waals surface area contributed by atoms with E-state index < -0.39 is 0 Å². The van der Waals surface area contributed by atoms with Gasteiger partial charge in [0.1, 0.15) is 36.2 Å². The first-order valence-corrected chi connectivity index (χ1v) is 30.3. The Bertz CT molecular complexity index is 3550. The molecule has 92 heavy (non-hydrogen) atoms. The Morgan fingerprint density at radius 2 is 0.620 bits per heavy atom. The van der Waals surface area contributed by atoms with Crippen LogP contribution in [0.3, 0.4) is 0 Å². The van der Waals surface area contributed by atoms with E-state index in [2.05, 4.69) is 21.3 Å². The lowest BCUT2D eigenvalue weighted by Crippen LogP contribution is -2.37. The molecule has 0 bridgehead atoms. The lowest BCUT2D eigenvalue weighted by atomic mass is 10.0. The Hall–Kier alpha value is -10.1. The van der Waals surface area contributed by atoms with Gasteiger partial charge in [-0.15, -0.1) is 0 Å². The Morgan fingerprint density at radius 3 is 0.946 bits per heavy atom. The average Bonchev–Trinajstić information content (AvgIpc) is 0.996. The van der Waals surface area contributed by atoms with Crippen LogP contribution in [0.25, 0.3) is 67.3 Å². The second kappa shape index (κ2) is 34.7. The van der Waals surface area contributed by atoms with Gasteiger partial charge < -0.3 is 68.6 Å². The molecule has 5 aromatic carbocycles. The summed E-state index contributed by atoms with van der Waals surface area (Å²) < 4.78 is 56.3. The van der Waals surface area contributed by atoms with E-state index in [0.717, 1.165) is 78.9 Å². The van der Waals surface area contributed by atoms with Crippen molar-refractivity contribution in [1.29, 1.82) is 0 Å². The zero-order valence-corrected chi connectivity index (χ0v) is 52.8. The number of hydrogen-bond donors (Lipinski definition) is 4. The number of nitrogens with zero attached hydrogens (tertiary/aromatic N) is 4. The molecule has 20 nitrogen and oxygen atoms in total. The van der Waals surface area contributed by atoms with Crippen molar-refractivity contribution in [2.45, 2.75) is 26.9 Å². The predicted octanol–water partition coefficient (Wildman–Crippen LogP) is 11.7. The summed E-state index contributed by atoms with van der Waals surface area (Å²) in [7, 11) is 6.57. The number of nitrogens with one attached hydrogen (secondary N) is 4. The molecule has 4 N–H and O–H groups in total. The molecule has 0 atom stereocenters. The largest absolute Gasteiger partial charge is 0.497 e. The van der Waals surface area contributed by atoms with Gasteiger partial charge >= 0.3 is 12.1 Å². The number of amides is 4. The van der Waals surface area contributed by atoms with E-state index in [1.54, 1.807) is 28.4 Å². The molecule has 4 amide bonds. The first kappa shape index (κ1) is 66.3. The monoisotopic (exact) mass is 1250 g/mol. The molecular formula is C72H78N8O12. The predicted molar refractivity (Wildman–Crippen MR) is 354 cm³/mol. The van der Waals surface area contributed by atoms with E-state index in [4.69, 9.17) is 67.3 Å². The van der Waals surface area contributed by atoms with Crippen LogP contribution in [-0.2, 0) is 32.0 Å². The number of pyridine rings is 4. The minimum absolute atomic E-state index is 0.181. The van der Waals surface area contributed by atoms with Crippen molar-refractivity contribution in [3.63, 3.8) is 0 Å². The highest BCUT2D eigenvalue weighted by molar-refractivity contribution is 5.78. The zero-order valence-electron chi connectivity index (χ0n) is 52.8. The van der Waals surface area contributed by atoms with Crippen LogP contribution < -0.4 is 49.7 Å². The number of hydrogen-bond acceptors (Lipinski definition) is 16. The van der Waals surface area contributed by atoms with Crippen molar-refractivity contribution in [1.82, 2.24) is 41.2 Å². The van der Waals surface area contributed by atoms with Crippen LogP contribution >= 0.6 is 0 Å². The van der Waals surface area contributed by atoms with Gasteiger partial charge in [-0.1, -0.05) is 60.7 Å². The molecule has 9 aromatic rings. The summed E-state index contributed by atoms with van der Waals surface area (Å²) in [4.78, 5) is 45.5. The van der Waals surface area contributed by atoms with Crippen LogP contribution in [0.2, 0.25) is 0 Å². The Morgan fingerprint density at radius 1 is 0.326 bits per heavy atom. The quantitative estimate of drug-likeness (QED) is 0.0275. The number of methoxy groups -OCH3 is 4. The van der Waals surface area contributed by atoms with Crippen LogP contribution in [0.5, 0.6) is 34.5 Å². The van der Waals surface area contributed by atoms with Crippen LogP contribution in [-0.4, -0.2) is 140 Å². The van der Waals surface area contributed by atoms with E-state index in [1.165, 1.54) is 0 Å². The fourth-order valence-corrected chi connectivity index (χ4v) is 9.71. The third-order valence-electron chi connectivity index (χ3n) is 14.4. The van der Waals surface area contributed by atoms with E-state index in [0.29, 0.717) is 125 Å². The highest BCUT2D eigenvalue weighted by atomic mass is 16.6. The first-order chi connectivity index (χ1) is 45.0. The molecule has 9 rings (SSSR count). The normalized spacial score (nSPS) is 10.9. The summed E-state index contributed by atoms with van der Waals surface area (Å²) in [5.74, 6) is 4.23. The maximum atomic E-state index is 12.9. The average molecular weight is 1250 g/mol. The molecule has 0 aliphatic carbocycles. The van der Waals surface area contributed by atoms with Gasteiger partial charge in [0.05, 0.1) is 129 Å². The van der Waals surface area contributed by atoms with E-state index in [9.17, 15) is 9.59 Å². The van der Waals surface area contributed by atoms with Crippen LogP contribution in [0.1, 0.15) is 22.8 Å². The minimum Gasteiger partial charge on any atom is -0.497 e. The number of para-hydroxylation sites is 2. The third kappa shape index (κ3) is 20.2. The molecule has 0 saturated heterocycles. The number of carbonyl (C=O) groups excluding carboxylic acids is 2. The fourth-order valence-electron chi connectivity index (χ4n) is 9.71. The molecule has 0 radical (unpaired) electrons. The van der Waals surface area contributed by atoms with Crippen molar-refractivity contribution >= 4 is 12.1 Å². The van der Waals surface area contributed by atoms with Gasteiger partial charge in [0.25, 0.3) is 0 Å². The molecule has 0 aliphatic heterocycles. The maximum absolute atomic E-state index is 12.9. The smallest absolute Gasteiger partial charge is 0.315 e. The number of benzene rings is 5. The van der Waals surface area contributed by atoms with Crippen molar-refractivity contribution in [2.24, 2.45) is 0 Å².